The average Bonchev–Trinajstić information content (AvgIpc) is 2.37. The van der Waals surface area contributed by atoms with Gasteiger partial charge in [-0.15, -0.1) is 0 Å². The van der Waals surface area contributed by atoms with Gasteiger partial charge >= 0.3 is 0 Å². The van der Waals surface area contributed by atoms with E-state index in [0.29, 0.717) is 23.6 Å². The van der Waals surface area contributed by atoms with Crippen LogP contribution in [-0.2, 0) is 0 Å². The SMILES string of the molecule is CN(CC/C(N)=N/O)C(=O)c1ccc(Br)c(Cl)c1. The van der Waals surface area contributed by atoms with Gasteiger partial charge in [0.25, 0.3) is 5.91 Å². The third kappa shape index (κ3) is 3.89. The number of carbonyl (C=O) groups is 1. The maximum atomic E-state index is 12.0. The molecule has 0 aliphatic carbocycles. The molecule has 1 amide bonds. The van der Waals surface area contributed by atoms with E-state index in [4.69, 9.17) is 22.5 Å². The van der Waals surface area contributed by atoms with Gasteiger partial charge in [0.05, 0.1) is 5.02 Å². The van der Waals surface area contributed by atoms with Crippen LogP contribution in [0, 0.1) is 0 Å². The normalized spacial score (nSPS) is 11.4. The van der Waals surface area contributed by atoms with E-state index in [1.165, 1.54) is 4.90 Å². The van der Waals surface area contributed by atoms with Crippen LogP contribution in [0.15, 0.2) is 27.8 Å². The summed E-state index contributed by atoms with van der Waals surface area (Å²) in [5, 5.41) is 11.7. The molecule has 0 heterocycles. The summed E-state index contributed by atoms with van der Waals surface area (Å²) in [7, 11) is 1.64. The van der Waals surface area contributed by atoms with Crippen molar-refractivity contribution in [2.24, 2.45) is 10.9 Å². The molecule has 1 rings (SSSR count). The number of nitrogens with zero attached hydrogens (tertiary/aromatic N) is 2. The van der Waals surface area contributed by atoms with Gasteiger partial charge in [-0.25, -0.2) is 0 Å². The van der Waals surface area contributed by atoms with E-state index in [1.54, 1.807) is 25.2 Å². The molecule has 0 fully saturated rings. The van der Waals surface area contributed by atoms with Crippen LogP contribution in [0.1, 0.15) is 16.8 Å². The molecular formula is C11H13BrClN3O2. The Morgan fingerprint density at radius 1 is 1.61 bits per heavy atom. The van der Waals surface area contributed by atoms with Crippen molar-refractivity contribution < 1.29 is 10.0 Å². The van der Waals surface area contributed by atoms with E-state index in [2.05, 4.69) is 21.1 Å². The highest BCUT2D eigenvalue weighted by atomic mass is 79.9. The lowest BCUT2D eigenvalue weighted by molar-refractivity contribution is 0.0798. The lowest BCUT2D eigenvalue weighted by Crippen LogP contribution is -2.30. The summed E-state index contributed by atoms with van der Waals surface area (Å²) >= 11 is 9.18. The number of oxime groups is 1. The molecule has 5 nitrogen and oxygen atoms in total. The lowest BCUT2D eigenvalue weighted by Gasteiger charge is -2.17. The number of hydrogen-bond acceptors (Lipinski definition) is 3. The Morgan fingerprint density at radius 2 is 2.28 bits per heavy atom. The Balaban J connectivity index is 2.71. The van der Waals surface area contributed by atoms with Gasteiger partial charge in [-0.1, -0.05) is 16.8 Å². The summed E-state index contributed by atoms with van der Waals surface area (Å²) in [6, 6.07) is 4.99. The summed E-state index contributed by atoms with van der Waals surface area (Å²) in [5.41, 5.74) is 5.83. The molecule has 0 aromatic heterocycles. The van der Waals surface area contributed by atoms with Crippen LogP contribution in [-0.4, -0.2) is 35.4 Å². The molecule has 98 valence electrons. The van der Waals surface area contributed by atoms with E-state index in [-0.39, 0.29) is 11.7 Å². The van der Waals surface area contributed by atoms with Crippen LogP contribution >= 0.6 is 27.5 Å². The van der Waals surface area contributed by atoms with Gasteiger partial charge in [-0.3, -0.25) is 4.79 Å². The van der Waals surface area contributed by atoms with Crippen molar-refractivity contribution in [3.05, 3.63) is 33.3 Å². The summed E-state index contributed by atoms with van der Waals surface area (Å²) in [5.74, 6) is -0.0846. The number of halogens is 2. The Morgan fingerprint density at radius 3 is 2.83 bits per heavy atom. The summed E-state index contributed by atoms with van der Waals surface area (Å²) in [4.78, 5) is 13.5. The fourth-order valence-electron chi connectivity index (χ4n) is 1.28. The highest BCUT2D eigenvalue weighted by Gasteiger charge is 2.13. The Bertz CT molecular complexity index is 479. The molecule has 18 heavy (non-hydrogen) atoms. The second kappa shape index (κ2) is 6.61. The zero-order chi connectivity index (χ0) is 13.7. The molecule has 1 aromatic carbocycles. The minimum atomic E-state index is -0.171. The van der Waals surface area contributed by atoms with Crippen LogP contribution in [0.3, 0.4) is 0 Å². The Labute approximate surface area is 118 Å². The molecule has 1 aromatic rings. The third-order valence-corrected chi connectivity index (χ3v) is 3.58. The standard InChI is InChI=1S/C11H13BrClN3O2/c1-16(5-4-10(14)15-18)11(17)7-2-3-8(12)9(13)6-7/h2-3,6,18H,4-5H2,1H3,(H2,14,15). The van der Waals surface area contributed by atoms with Crippen LogP contribution in [0.2, 0.25) is 5.02 Å². The molecule has 0 saturated heterocycles. The van der Waals surface area contributed by atoms with Crippen LogP contribution < -0.4 is 5.73 Å². The number of benzene rings is 1. The van der Waals surface area contributed by atoms with Gasteiger partial charge in [0.1, 0.15) is 5.84 Å². The minimum Gasteiger partial charge on any atom is -0.409 e. The maximum absolute atomic E-state index is 12.0. The second-order valence-corrected chi connectivity index (χ2v) is 4.96. The molecule has 0 spiro atoms. The highest BCUT2D eigenvalue weighted by Crippen LogP contribution is 2.23. The molecule has 0 unspecified atom stereocenters. The summed E-state index contributed by atoms with van der Waals surface area (Å²) in [6.45, 7) is 0.364. The largest absolute Gasteiger partial charge is 0.409 e. The van der Waals surface area contributed by atoms with Crippen molar-refractivity contribution in [2.45, 2.75) is 6.42 Å². The van der Waals surface area contributed by atoms with Gasteiger partial charge in [-0.05, 0) is 34.1 Å². The number of rotatable bonds is 4. The quantitative estimate of drug-likeness (QED) is 0.384. The molecule has 0 bridgehead atoms. The van der Waals surface area contributed by atoms with Gasteiger partial charge in [0.15, 0.2) is 0 Å². The molecule has 7 heteroatoms. The fraction of sp³-hybridized carbons (Fsp3) is 0.273. The van der Waals surface area contributed by atoms with Crippen molar-refractivity contribution in [1.29, 1.82) is 0 Å². The van der Waals surface area contributed by atoms with Crippen molar-refractivity contribution in [2.75, 3.05) is 13.6 Å². The van der Waals surface area contributed by atoms with Crippen LogP contribution in [0.5, 0.6) is 0 Å². The molecule has 0 aliphatic rings. The van der Waals surface area contributed by atoms with Crippen molar-refractivity contribution in [3.8, 4) is 0 Å². The average molecular weight is 335 g/mol. The predicted octanol–water partition coefficient (Wildman–Crippen LogP) is 2.31. The first kappa shape index (κ1) is 14.8. The number of amides is 1. The topological polar surface area (TPSA) is 78.9 Å². The number of hydrogen-bond donors (Lipinski definition) is 2. The lowest BCUT2D eigenvalue weighted by atomic mass is 10.2. The van der Waals surface area contributed by atoms with Gasteiger partial charge in [0, 0.05) is 30.0 Å². The van der Waals surface area contributed by atoms with Crippen LogP contribution in [0.4, 0.5) is 0 Å². The first-order chi connectivity index (χ1) is 8.45. The number of nitrogens with two attached hydrogens (primary N) is 1. The van der Waals surface area contributed by atoms with E-state index in [0.717, 1.165) is 4.47 Å². The van der Waals surface area contributed by atoms with Crippen LogP contribution in [0.25, 0.3) is 0 Å². The molecule has 0 atom stereocenters. The molecule has 0 radical (unpaired) electrons. The highest BCUT2D eigenvalue weighted by molar-refractivity contribution is 9.10. The van der Waals surface area contributed by atoms with Crippen molar-refractivity contribution in [3.63, 3.8) is 0 Å². The van der Waals surface area contributed by atoms with Crippen molar-refractivity contribution in [1.82, 2.24) is 4.90 Å². The minimum absolute atomic E-state index is 0.0866. The monoisotopic (exact) mass is 333 g/mol. The Kier molecular flexibility index (Phi) is 5.43. The first-order valence-electron chi connectivity index (χ1n) is 5.12. The second-order valence-electron chi connectivity index (χ2n) is 3.70. The predicted molar refractivity (Wildman–Crippen MR) is 74.1 cm³/mol. The first-order valence-corrected chi connectivity index (χ1v) is 6.29. The Hall–Kier alpha value is -1.27. The van der Waals surface area contributed by atoms with E-state index < -0.39 is 0 Å². The zero-order valence-corrected chi connectivity index (χ0v) is 12.1. The molecule has 0 saturated carbocycles. The van der Waals surface area contributed by atoms with Gasteiger partial charge in [0.2, 0.25) is 0 Å². The smallest absolute Gasteiger partial charge is 0.253 e. The fourth-order valence-corrected chi connectivity index (χ4v) is 1.71. The maximum Gasteiger partial charge on any atom is 0.253 e. The molecule has 3 N–H and O–H groups in total. The van der Waals surface area contributed by atoms with Gasteiger partial charge < -0.3 is 15.8 Å². The van der Waals surface area contributed by atoms with E-state index in [1.807, 2.05) is 0 Å². The molecular weight excluding hydrogens is 321 g/mol. The third-order valence-electron chi connectivity index (χ3n) is 2.35. The number of carbonyl (C=O) groups excluding carboxylic acids is 1. The van der Waals surface area contributed by atoms with Crippen molar-refractivity contribution >= 4 is 39.3 Å². The van der Waals surface area contributed by atoms with E-state index >= 15 is 0 Å². The van der Waals surface area contributed by atoms with E-state index in [9.17, 15) is 4.79 Å². The molecule has 0 aliphatic heterocycles. The summed E-state index contributed by atoms with van der Waals surface area (Å²) in [6.07, 6.45) is 0.309. The number of amidine groups is 1. The summed E-state index contributed by atoms with van der Waals surface area (Å²) < 4.78 is 0.736. The van der Waals surface area contributed by atoms with Gasteiger partial charge in [-0.2, -0.15) is 0 Å². The zero-order valence-electron chi connectivity index (χ0n) is 9.73.